The minimum absolute atomic E-state index is 0.330. The second kappa shape index (κ2) is 9.88. The molecule has 0 aromatic rings. The molecule has 0 atom stereocenters. The zero-order chi connectivity index (χ0) is 17.4. The molecular weight excluding hydrogens is 318 g/mol. The van der Waals surface area contributed by atoms with E-state index in [1.807, 2.05) is 7.05 Å². The third-order valence-corrected chi connectivity index (χ3v) is 6.33. The first-order valence-corrected chi connectivity index (χ1v) is 10.6. The molecule has 2 aliphatic heterocycles. The van der Waals surface area contributed by atoms with E-state index in [-0.39, 0.29) is 0 Å². The summed E-state index contributed by atoms with van der Waals surface area (Å²) < 4.78 is 0.330. The van der Waals surface area contributed by atoms with E-state index in [0.717, 1.165) is 25.6 Å². The molecule has 24 heavy (non-hydrogen) atoms. The van der Waals surface area contributed by atoms with Crippen LogP contribution in [0.15, 0.2) is 4.99 Å². The highest BCUT2D eigenvalue weighted by Crippen LogP contribution is 2.29. The van der Waals surface area contributed by atoms with Crippen LogP contribution in [0.5, 0.6) is 0 Å². The summed E-state index contributed by atoms with van der Waals surface area (Å²) in [4.78, 5) is 12.1. The summed E-state index contributed by atoms with van der Waals surface area (Å²) in [5.74, 6) is 2.28. The number of guanidine groups is 1. The van der Waals surface area contributed by atoms with Gasteiger partial charge in [0.15, 0.2) is 5.96 Å². The normalized spacial score (nSPS) is 23.5. The molecule has 2 fully saturated rings. The third kappa shape index (κ3) is 6.45. The Balaban J connectivity index is 1.59. The fraction of sp³-hybridized carbons (Fsp3) is 0.944. The lowest BCUT2D eigenvalue weighted by molar-refractivity contribution is 0.136. The van der Waals surface area contributed by atoms with Gasteiger partial charge >= 0.3 is 0 Å². The second-order valence-electron chi connectivity index (χ2n) is 7.49. The van der Waals surface area contributed by atoms with Crippen molar-refractivity contribution in [1.82, 2.24) is 20.0 Å². The molecule has 0 unspecified atom stereocenters. The first-order chi connectivity index (χ1) is 11.5. The molecule has 0 bridgehead atoms. The maximum Gasteiger partial charge on any atom is 0.193 e. The molecule has 0 aromatic carbocycles. The van der Waals surface area contributed by atoms with Gasteiger partial charge in [-0.2, -0.15) is 11.8 Å². The zero-order valence-corrected chi connectivity index (χ0v) is 17.0. The van der Waals surface area contributed by atoms with Crippen molar-refractivity contribution in [2.24, 2.45) is 4.99 Å². The van der Waals surface area contributed by atoms with Crippen molar-refractivity contribution < 1.29 is 0 Å². The summed E-state index contributed by atoms with van der Waals surface area (Å²) in [6, 6.07) is 0. The number of aliphatic imine (C=N–C) groups is 1. The number of likely N-dealkylation sites (N-methyl/N-ethyl adjacent to an activating group) is 1. The van der Waals surface area contributed by atoms with E-state index in [1.54, 1.807) is 0 Å². The largest absolute Gasteiger partial charge is 0.356 e. The molecule has 0 aromatic heterocycles. The molecule has 5 nitrogen and oxygen atoms in total. The molecule has 0 amide bonds. The Labute approximate surface area is 153 Å². The molecule has 2 saturated heterocycles. The molecule has 1 N–H and O–H groups in total. The topological polar surface area (TPSA) is 34.1 Å². The number of hydrogen-bond acceptors (Lipinski definition) is 4. The van der Waals surface area contributed by atoms with Crippen molar-refractivity contribution in [3.63, 3.8) is 0 Å². The van der Waals surface area contributed by atoms with Crippen molar-refractivity contribution in [3.05, 3.63) is 0 Å². The fourth-order valence-electron chi connectivity index (χ4n) is 3.52. The number of thioether (sulfide) groups is 1. The lowest BCUT2D eigenvalue weighted by Gasteiger charge is -2.39. The fourth-order valence-corrected chi connectivity index (χ4v) is 4.63. The highest BCUT2D eigenvalue weighted by Gasteiger charge is 2.28. The maximum absolute atomic E-state index is 4.49. The number of nitrogens with one attached hydrogen (secondary N) is 1. The van der Waals surface area contributed by atoms with Crippen molar-refractivity contribution in [2.75, 3.05) is 71.7 Å². The molecule has 2 rings (SSSR count). The molecule has 0 radical (unpaired) electrons. The number of nitrogens with zero attached hydrogens (tertiary/aromatic N) is 4. The van der Waals surface area contributed by atoms with Crippen LogP contribution in [-0.4, -0.2) is 97.1 Å². The molecule has 0 spiro atoms. The van der Waals surface area contributed by atoms with Gasteiger partial charge in [0.2, 0.25) is 0 Å². The van der Waals surface area contributed by atoms with Gasteiger partial charge in [0.25, 0.3) is 0 Å². The highest BCUT2D eigenvalue weighted by molar-refractivity contribution is 8.00. The molecule has 0 aliphatic carbocycles. The number of rotatable bonds is 6. The Morgan fingerprint density at radius 1 is 1.08 bits per heavy atom. The van der Waals surface area contributed by atoms with Crippen molar-refractivity contribution in [3.8, 4) is 0 Å². The zero-order valence-electron chi connectivity index (χ0n) is 16.2. The molecule has 6 heteroatoms. The lowest BCUT2D eigenvalue weighted by atomic mass is 10.2. The summed E-state index contributed by atoms with van der Waals surface area (Å²) in [6.45, 7) is 17.5. The molecule has 2 heterocycles. The van der Waals surface area contributed by atoms with E-state index >= 15 is 0 Å². The summed E-state index contributed by atoms with van der Waals surface area (Å²) >= 11 is 2.07. The van der Waals surface area contributed by atoms with Gasteiger partial charge in [-0.1, -0.05) is 6.92 Å². The summed E-state index contributed by atoms with van der Waals surface area (Å²) in [7, 11) is 1.91. The molecule has 2 aliphatic rings. The Morgan fingerprint density at radius 3 is 2.42 bits per heavy atom. The lowest BCUT2D eigenvalue weighted by Crippen LogP contribution is -2.51. The van der Waals surface area contributed by atoms with Crippen molar-refractivity contribution in [1.29, 1.82) is 0 Å². The van der Waals surface area contributed by atoms with Crippen LogP contribution in [0, 0.1) is 0 Å². The van der Waals surface area contributed by atoms with Crippen LogP contribution in [-0.2, 0) is 0 Å². The first kappa shape index (κ1) is 19.9. The Bertz CT molecular complexity index is 391. The number of piperazine rings is 1. The SMILES string of the molecule is CCN1CCN(CCCCNC(=NC)N2CCSC(C)(C)C2)CC1. The van der Waals surface area contributed by atoms with Gasteiger partial charge in [0.1, 0.15) is 0 Å². The summed E-state index contributed by atoms with van der Waals surface area (Å²) in [6.07, 6.45) is 2.50. The predicted octanol–water partition coefficient (Wildman–Crippen LogP) is 1.81. The van der Waals surface area contributed by atoms with Crippen LogP contribution in [0.1, 0.15) is 33.6 Å². The predicted molar refractivity (Wildman–Crippen MR) is 107 cm³/mol. The average molecular weight is 356 g/mol. The summed E-state index contributed by atoms with van der Waals surface area (Å²) in [5.41, 5.74) is 0. The summed E-state index contributed by atoms with van der Waals surface area (Å²) in [5, 5.41) is 3.57. The number of unbranched alkanes of at least 4 members (excludes halogenated alkanes) is 1. The minimum atomic E-state index is 0.330. The molecule has 140 valence electrons. The van der Waals surface area contributed by atoms with Crippen LogP contribution in [0.4, 0.5) is 0 Å². The third-order valence-electron chi connectivity index (χ3n) is 5.03. The highest BCUT2D eigenvalue weighted by atomic mass is 32.2. The van der Waals surface area contributed by atoms with Gasteiger partial charge in [-0.3, -0.25) is 4.99 Å². The van der Waals surface area contributed by atoms with Gasteiger partial charge in [-0.25, -0.2) is 0 Å². The maximum atomic E-state index is 4.49. The van der Waals surface area contributed by atoms with Gasteiger partial charge in [-0.15, -0.1) is 0 Å². The van der Waals surface area contributed by atoms with E-state index in [0.29, 0.717) is 4.75 Å². The second-order valence-corrected chi connectivity index (χ2v) is 9.29. The smallest absolute Gasteiger partial charge is 0.193 e. The Hall–Kier alpha value is -0.460. The van der Waals surface area contributed by atoms with Crippen molar-refractivity contribution >= 4 is 17.7 Å². The van der Waals surface area contributed by atoms with Crippen LogP contribution >= 0.6 is 11.8 Å². The monoisotopic (exact) mass is 355 g/mol. The molecular formula is C18H37N5S. The van der Waals surface area contributed by atoms with Crippen LogP contribution in [0.25, 0.3) is 0 Å². The molecule has 0 saturated carbocycles. The van der Waals surface area contributed by atoms with Crippen LogP contribution < -0.4 is 5.32 Å². The minimum Gasteiger partial charge on any atom is -0.356 e. The Kier molecular flexibility index (Phi) is 8.17. The average Bonchev–Trinajstić information content (AvgIpc) is 2.57. The van der Waals surface area contributed by atoms with Gasteiger partial charge in [-0.05, 0) is 39.8 Å². The first-order valence-electron chi connectivity index (χ1n) is 9.58. The van der Waals surface area contributed by atoms with E-state index in [2.05, 4.69) is 57.5 Å². The van der Waals surface area contributed by atoms with Crippen molar-refractivity contribution in [2.45, 2.75) is 38.4 Å². The van der Waals surface area contributed by atoms with Gasteiger partial charge in [0.05, 0.1) is 0 Å². The quantitative estimate of drug-likeness (QED) is 0.446. The van der Waals surface area contributed by atoms with Gasteiger partial charge in [0, 0.05) is 63.4 Å². The standard InChI is InChI=1S/C18H37N5S/c1-5-21-10-12-22(13-11-21)9-7-6-8-20-17(19-4)23-14-15-24-18(2,3)16-23/h5-16H2,1-4H3,(H,19,20). The van der Waals surface area contributed by atoms with E-state index < -0.39 is 0 Å². The van der Waals surface area contributed by atoms with E-state index in [1.165, 1.54) is 57.9 Å². The van der Waals surface area contributed by atoms with Crippen LogP contribution in [0.2, 0.25) is 0 Å². The van der Waals surface area contributed by atoms with E-state index in [4.69, 9.17) is 0 Å². The Morgan fingerprint density at radius 2 is 1.79 bits per heavy atom. The number of hydrogen-bond donors (Lipinski definition) is 1. The van der Waals surface area contributed by atoms with Crippen LogP contribution in [0.3, 0.4) is 0 Å². The van der Waals surface area contributed by atoms with Gasteiger partial charge < -0.3 is 20.0 Å². The van der Waals surface area contributed by atoms with E-state index in [9.17, 15) is 0 Å².